The quantitative estimate of drug-likeness (QED) is 0.231. The van der Waals surface area contributed by atoms with Crippen molar-refractivity contribution in [2.45, 2.75) is 6.04 Å². The molecule has 2 aromatic carbocycles. The van der Waals surface area contributed by atoms with Gasteiger partial charge in [0.15, 0.2) is 0 Å². The summed E-state index contributed by atoms with van der Waals surface area (Å²) in [5.74, 6) is 1.15. The van der Waals surface area contributed by atoms with Crippen LogP contribution < -0.4 is 16.2 Å². The van der Waals surface area contributed by atoms with E-state index >= 15 is 0 Å². The molecule has 0 aliphatic rings. The molecule has 194 valence electrons. The summed E-state index contributed by atoms with van der Waals surface area (Å²) in [5.41, 5.74) is 4.05. The van der Waals surface area contributed by atoms with Crippen molar-refractivity contribution < 1.29 is 9.63 Å². The standard InChI is InChI=1S/C28H24N8O3/c1-36-24-13-18(10-11-19(24)27(38)34-36)31-25-14-22(32-23(16-37)17-7-3-2-4-8-17)20(15-30-25)28-33-26(35-39-28)21-9-5-6-12-29-21/h2-15,23,37H,16H2,1H3,(H,34,38)(H2,30,31,32)/t23-/m1/s1. The van der Waals surface area contributed by atoms with E-state index in [2.05, 4.69) is 35.8 Å². The van der Waals surface area contributed by atoms with Gasteiger partial charge in [0.25, 0.3) is 11.4 Å². The maximum absolute atomic E-state index is 12.1. The monoisotopic (exact) mass is 520 g/mol. The zero-order valence-electron chi connectivity index (χ0n) is 20.9. The van der Waals surface area contributed by atoms with Gasteiger partial charge in [-0.3, -0.25) is 19.6 Å². The number of fused-ring (bicyclic) bond motifs is 1. The van der Waals surface area contributed by atoms with Gasteiger partial charge in [-0.2, -0.15) is 4.98 Å². The van der Waals surface area contributed by atoms with Crippen LogP contribution in [0.5, 0.6) is 0 Å². The number of nitrogens with zero attached hydrogens (tertiary/aromatic N) is 5. The summed E-state index contributed by atoms with van der Waals surface area (Å²) in [7, 11) is 1.78. The first kappa shape index (κ1) is 24.1. The molecule has 0 fully saturated rings. The number of aromatic amines is 1. The van der Waals surface area contributed by atoms with Gasteiger partial charge in [-0.15, -0.1) is 0 Å². The molecule has 4 heterocycles. The first-order valence-corrected chi connectivity index (χ1v) is 12.2. The van der Waals surface area contributed by atoms with Crippen molar-refractivity contribution in [1.29, 1.82) is 0 Å². The van der Waals surface area contributed by atoms with Gasteiger partial charge < -0.3 is 20.3 Å². The maximum atomic E-state index is 12.1. The second-order valence-corrected chi connectivity index (χ2v) is 8.90. The van der Waals surface area contributed by atoms with Crippen LogP contribution in [0.15, 0.2) is 94.5 Å². The average molecular weight is 521 g/mol. The number of aromatic nitrogens is 6. The number of H-pyrrole nitrogens is 1. The summed E-state index contributed by atoms with van der Waals surface area (Å²) in [5, 5.41) is 24.3. The molecular weight excluding hydrogens is 496 g/mol. The second kappa shape index (κ2) is 10.2. The number of aryl methyl sites for hydroxylation is 1. The van der Waals surface area contributed by atoms with Gasteiger partial charge >= 0.3 is 0 Å². The number of benzene rings is 2. The van der Waals surface area contributed by atoms with Gasteiger partial charge in [0, 0.05) is 31.2 Å². The number of aliphatic hydroxyl groups is 1. The smallest absolute Gasteiger partial charge is 0.271 e. The lowest BCUT2D eigenvalue weighted by Crippen LogP contribution is -2.15. The SMILES string of the molecule is Cn1[nH]c(=O)c2ccc(Nc3cc(N[C@H](CO)c4ccccc4)c(-c4nc(-c5ccccn5)no4)cn3)cc21. The molecule has 0 amide bonds. The van der Waals surface area contributed by atoms with Crippen LogP contribution in [0, 0.1) is 0 Å². The fraction of sp³-hybridized carbons (Fsp3) is 0.107. The van der Waals surface area contributed by atoms with Crippen LogP contribution in [0.1, 0.15) is 11.6 Å². The molecule has 11 heteroatoms. The van der Waals surface area contributed by atoms with E-state index in [1.807, 2.05) is 60.7 Å². The van der Waals surface area contributed by atoms with E-state index in [1.54, 1.807) is 36.3 Å². The third-order valence-electron chi connectivity index (χ3n) is 6.31. The molecule has 0 unspecified atom stereocenters. The lowest BCUT2D eigenvalue weighted by Gasteiger charge is -2.20. The Balaban J connectivity index is 1.38. The zero-order valence-corrected chi connectivity index (χ0v) is 20.9. The van der Waals surface area contributed by atoms with Crippen LogP contribution >= 0.6 is 0 Å². The van der Waals surface area contributed by atoms with E-state index in [0.717, 1.165) is 16.8 Å². The highest BCUT2D eigenvalue weighted by Gasteiger charge is 2.19. The molecule has 0 spiro atoms. The number of pyridine rings is 2. The normalized spacial score (nSPS) is 11.9. The molecule has 0 bridgehead atoms. The largest absolute Gasteiger partial charge is 0.394 e. The summed E-state index contributed by atoms with van der Waals surface area (Å²) in [6.45, 7) is -0.143. The third kappa shape index (κ3) is 4.86. The zero-order chi connectivity index (χ0) is 26.8. The lowest BCUT2D eigenvalue weighted by atomic mass is 10.1. The van der Waals surface area contributed by atoms with E-state index < -0.39 is 6.04 Å². The van der Waals surface area contributed by atoms with E-state index in [4.69, 9.17) is 4.52 Å². The van der Waals surface area contributed by atoms with Gasteiger partial charge in [-0.25, -0.2) is 4.98 Å². The Morgan fingerprint density at radius 3 is 2.69 bits per heavy atom. The predicted molar refractivity (Wildman–Crippen MR) is 147 cm³/mol. The number of hydrogen-bond donors (Lipinski definition) is 4. The molecule has 6 rings (SSSR count). The molecule has 0 aliphatic heterocycles. The number of nitrogens with one attached hydrogen (secondary N) is 3. The van der Waals surface area contributed by atoms with E-state index in [-0.39, 0.29) is 18.1 Å². The van der Waals surface area contributed by atoms with Gasteiger partial charge in [-0.1, -0.05) is 41.6 Å². The Bertz CT molecular complexity index is 1790. The fourth-order valence-electron chi connectivity index (χ4n) is 4.35. The molecule has 0 radical (unpaired) electrons. The van der Waals surface area contributed by atoms with Crippen LogP contribution in [0.3, 0.4) is 0 Å². The molecule has 4 N–H and O–H groups in total. The van der Waals surface area contributed by atoms with Gasteiger partial charge in [0.1, 0.15) is 11.5 Å². The summed E-state index contributed by atoms with van der Waals surface area (Å²) in [6.07, 6.45) is 3.29. The fourth-order valence-corrected chi connectivity index (χ4v) is 4.35. The van der Waals surface area contributed by atoms with Crippen LogP contribution in [-0.2, 0) is 7.05 Å². The summed E-state index contributed by atoms with van der Waals surface area (Å²) >= 11 is 0. The van der Waals surface area contributed by atoms with E-state index in [9.17, 15) is 9.90 Å². The van der Waals surface area contributed by atoms with Crippen molar-refractivity contribution in [2.24, 2.45) is 7.05 Å². The first-order valence-electron chi connectivity index (χ1n) is 12.2. The molecule has 1 atom stereocenters. The number of aliphatic hydroxyl groups excluding tert-OH is 1. The Kier molecular flexibility index (Phi) is 6.31. The third-order valence-corrected chi connectivity index (χ3v) is 6.31. The van der Waals surface area contributed by atoms with E-state index in [1.165, 1.54) is 0 Å². The molecule has 11 nitrogen and oxygen atoms in total. The molecular formula is C28H24N8O3. The second-order valence-electron chi connectivity index (χ2n) is 8.90. The molecule has 0 aliphatic carbocycles. The molecule has 39 heavy (non-hydrogen) atoms. The van der Waals surface area contributed by atoms with Crippen molar-refractivity contribution >= 4 is 28.1 Å². The van der Waals surface area contributed by atoms with Crippen LogP contribution in [-0.4, -0.2) is 41.6 Å². The highest BCUT2D eigenvalue weighted by atomic mass is 16.5. The topological polar surface area (TPSA) is 147 Å². The average Bonchev–Trinajstić information content (AvgIpc) is 3.57. The van der Waals surface area contributed by atoms with Crippen LogP contribution in [0.4, 0.5) is 17.2 Å². The van der Waals surface area contributed by atoms with Crippen molar-refractivity contribution in [3.05, 3.63) is 101 Å². The minimum absolute atomic E-state index is 0.143. The van der Waals surface area contributed by atoms with Gasteiger partial charge in [0.05, 0.1) is 34.8 Å². The molecule has 6 aromatic rings. The summed E-state index contributed by atoms with van der Waals surface area (Å²) in [4.78, 5) is 25.5. The summed E-state index contributed by atoms with van der Waals surface area (Å²) < 4.78 is 7.26. The van der Waals surface area contributed by atoms with Crippen molar-refractivity contribution in [3.8, 4) is 23.0 Å². The highest BCUT2D eigenvalue weighted by Crippen LogP contribution is 2.33. The van der Waals surface area contributed by atoms with E-state index in [0.29, 0.717) is 34.0 Å². The Morgan fingerprint density at radius 2 is 1.90 bits per heavy atom. The first-order chi connectivity index (χ1) is 19.1. The Labute approximate surface area is 222 Å². The van der Waals surface area contributed by atoms with Crippen molar-refractivity contribution in [1.82, 2.24) is 29.9 Å². The number of rotatable bonds is 8. The van der Waals surface area contributed by atoms with Crippen LogP contribution in [0.25, 0.3) is 33.9 Å². The number of anilines is 3. The summed E-state index contributed by atoms with van der Waals surface area (Å²) in [6, 6.07) is 22.0. The Hall–Kier alpha value is -5.29. The predicted octanol–water partition coefficient (Wildman–Crippen LogP) is 4.26. The van der Waals surface area contributed by atoms with Crippen molar-refractivity contribution in [3.63, 3.8) is 0 Å². The molecule has 0 saturated heterocycles. The lowest BCUT2D eigenvalue weighted by molar-refractivity contribution is 0.276. The minimum Gasteiger partial charge on any atom is -0.394 e. The van der Waals surface area contributed by atoms with Gasteiger partial charge in [0.2, 0.25) is 5.82 Å². The van der Waals surface area contributed by atoms with Gasteiger partial charge in [-0.05, 0) is 35.9 Å². The highest BCUT2D eigenvalue weighted by molar-refractivity contribution is 5.83. The maximum Gasteiger partial charge on any atom is 0.271 e. The van der Waals surface area contributed by atoms with Crippen LogP contribution in [0.2, 0.25) is 0 Å². The molecule has 0 saturated carbocycles. The Morgan fingerprint density at radius 1 is 1.05 bits per heavy atom. The number of hydrogen-bond acceptors (Lipinski definition) is 9. The molecule has 4 aromatic heterocycles. The van der Waals surface area contributed by atoms with Crippen molar-refractivity contribution in [2.75, 3.05) is 17.2 Å². The minimum atomic E-state index is -0.399.